The molecular formula is C21H32ClN3O2. The molecule has 2 saturated heterocycles. The maximum Gasteiger partial charge on any atom is 0.253 e. The van der Waals surface area contributed by atoms with Crippen molar-refractivity contribution in [3.05, 3.63) is 35.4 Å². The Morgan fingerprint density at radius 1 is 1.22 bits per heavy atom. The summed E-state index contributed by atoms with van der Waals surface area (Å²) in [4.78, 5) is 27.2. The molecule has 150 valence electrons. The lowest BCUT2D eigenvalue weighted by atomic mass is 9.81. The smallest absolute Gasteiger partial charge is 0.253 e. The van der Waals surface area contributed by atoms with Crippen molar-refractivity contribution in [1.29, 1.82) is 0 Å². The van der Waals surface area contributed by atoms with Crippen LogP contribution < -0.4 is 10.6 Å². The Morgan fingerprint density at radius 3 is 2.56 bits per heavy atom. The number of rotatable bonds is 4. The van der Waals surface area contributed by atoms with Crippen LogP contribution in [0.15, 0.2) is 24.3 Å². The molecule has 0 aromatic heterocycles. The normalized spacial score (nSPS) is 21.9. The van der Waals surface area contributed by atoms with Gasteiger partial charge in [0.2, 0.25) is 5.91 Å². The summed E-state index contributed by atoms with van der Waals surface area (Å²) in [5.74, 6) is 0.0439. The number of nitrogens with one attached hydrogen (secondary N) is 2. The first-order chi connectivity index (χ1) is 12.5. The van der Waals surface area contributed by atoms with Crippen LogP contribution >= 0.6 is 12.4 Å². The van der Waals surface area contributed by atoms with Crippen molar-refractivity contribution in [3.63, 3.8) is 0 Å². The van der Waals surface area contributed by atoms with Crippen LogP contribution in [-0.2, 0) is 4.79 Å². The van der Waals surface area contributed by atoms with Gasteiger partial charge in [-0.05, 0) is 63.2 Å². The van der Waals surface area contributed by atoms with E-state index in [0.717, 1.165) is 57.4 Å². The molecule has 5 nitrogen and oxygen atoms in total. The Morgan fingerprint density at radius 2 is 1.89 bits per heavy atom. The van der Waals surface area contributed by atoms with E-state index in [1.807, 2.05) is 36.1 Å². The SMILES string of the molecule is Cc1ccc(C(=O)N2CCCC(C(=O)NCC3(C)CCNCC3)C2)cc1.Cl. The maximum atomic E-state index is 12.7. The molecular weight excluding hydrogens is 362 g/mol. The van der Waals surface area contributed by atoms with Crippen LogP contribution in [0.1, 0.15) is 48.5 Å². The highest BCUT2D eigenvalue weighted by Crippen LogP contribution is 2.27. The molecule has 0 saturated carbocycles. The molecule has 0 aliphatic carbocycles. The molecule has 1 aromatic rings. The average molecular weight is 394 g/mol. The Hall–Kier alpha value is -1.59. The predicted molar refractivity (Wildman–Crippen MR) is 110 cm³/mol. The molecule has 0 bridgehead atoms. The third-order valence-electron chi connectivity index (χ3n) is 5.88. The number of aryl methyl sites for hydroxylation is 1. The zero-order valence-electron chi connectivity index (χ0n) is 16.4. The molecule has 1 aromatic carbocycles. The topological polar surface area (TPSA) is 61.4 Å². The van der Waals surface area contributed by atoms with Gasteiger partial charge in [-0.15, -0.1) is 12.4 Å². The monoisotopic (exact) mass is 393 g/mol. The number of piperidine rings is 2. The minimum atomic E-state index is -0.0940. The fourth-order valence-corrected chi connectivity index (χ4v) is 3.91. The van der Waals surface area contributed by atoms with Gasteiger partial charge in [0.1, 0.15) is 0 Å². The standard InChI is InChI=1S/C21H31N3O2.ClH/c1-16-5-7-17(8-6-16)20(26)24-13-3-4-18(14-24)19(25)23-15-21(2)9-11-22-12-10-21;/h5-8,18,22H,3-4,9-15H2,1-2H3,(H,23,25);1H. The summed E-state index contributed by atoms with van der Waals surface area (Å²) in [5, 5.41) is 6.54. The van der Waals surface area contributed by atoms with Crippen LogP contribution in [0.25, 0.3) is 0 Å². The van der Waals surface area contributed by atoms with Crippen LogP contribution in [0, 0.1) is 18.3 Å². The van der Waals surface area contributed by atoms with E-state index in [-0.39, 0.29) is 35.6 Å². The summed E-state index contributed by atoms with van der Waals surface area (Å²) < 4.78 is 0. The third-order valence-corrected chi connectivity index (χ3v) is 5.88. The van der Waals surface area contributed by atoms with E-state index in [0.29, 0.717) is 12.1 Å². The van der Waals surface area contributed by atoms with Crippen molar-refractivity contribution in [1.82, 2.24) is 15.5 Å². The summed E-state index contributed by atoms with van der Waals surface area (Å²) in [7, 11) is 0. The van der Waals surface area contributed by atoms with Gasteiger partial charge < -0.3 is 15.5 Å². The van der Waals surface area contributed by atoms with Crippen molar-refractivity contribution in [2.45, 2.75) is 39.5 Å². The minimum Gasteiger partial charge on any atom is -0.355 e. The van der Waals surface area contributed by atoms with Crippen molar-refractivity contribution < 1.29 is 9.59 Å². The second kappa shape index (κ2) is 9.56. The molecule has 2 N–H and O–H groups in total. The Balaban J connectivity index is 0.00000261. The summed E-state index contributed by atoms with van der Waals surface area (Å²) >= 11 is 0. The van der Waals surface area contributed by atoms with E-state index in [9.17, 15) is 9.59 Å². The van der Waals surface area contributed by atoms with E-state index < -0.39 is 0 Å². The van der Waals surface area contributed by atoms with Crippen molar-refractivity contribution in [2.24, 2.45) is 11.3 Å². The Labute approximate surface area is 168 Å². The first-order valence-corrected chi connectivity index (χ1v) is 9.81. The lowest BCUT2D eigenvalue weighted by Gasteiger charge is -2.36. The van der Waals surface area contributed by atoms with Gasteiger partial charge in [-0.25, -0.2) is 0 Å². The number of halogens is 1. The quantitative estimate of drug-likeness (QED) is 0.826. The van der Waals surface area contributed by atoms with Crippen LogP contribution in [-0.4, -0.2) is 49.4 Å². The number of hydrogen-bond donors (Lipinski definition) is 2. The van der Waals surface area contributed by atoms with Gasteiger partial charge in [0.05, 0.1) is 5.92 Å². The average Bonchev–Trinajstić information content (AvgIpc) is 2.67. The second-order valence-corrected chi connectivity index (χ2v) is 8.23. The lowest BCUT2D eigenvalue weighted by Crippen LogP contribution is -2.48. The first-order valence-electron chi connectivity index (χ1n) is 9.81. The van der Waals surface area contributed by atoms with Crippen LogP contribution in [0.2, 0.25) is 0 Å². The molecule has 2 aliphatic rings. The molecule has 2 amide bonds. The van der Waals surface area contributed by atoms with Gasteiger partial charge in [0.25, 0.3) is 5.91 Å². The highest BCUT2D eigenvalue weighted by molar-refractivity contribution is 5.94. The van der Waals surface area contributed by atoms with Gasteiger partial charge in [-0.2, -0.15) is 0 Å². The highest BCUT2D eigenvalue weighted by atomic mass is 35.5. The van der Waals surface area contributed by atoms with Crippen LogP contribution in [0.4, 0.5) is 0 Å². The summed E-state index contributed by atoms with van der Waals surface area (Å²) in [6.45, 7) is 8.30. The lowest BCUT2D eigenvalue weighted by molar-refractivity contribution is -0.126. The van der Waals surface area contributed by atoms with Gasteiger partial charge in [-0.3, -0.25) is 9.59 Å². The number of likely N-dealkylation sites (tertiary alicyclic amines) is 1. The number of benzene rings is 1. The van der Waals surface area contributed by atoms with E-state index in [1.54, 1.807) is 0 Å². The zero-order valence-corrected chi connectivity index (χ0v) is 17.2. The molecule has 1 atom stereocenters. The van der Waals surface area contributed by atoms with Crippen LogP contribution in [0.3, 0.4) is 0 Å². The minimum absolute atomic E-state index is 0. The third kappa shape index (κ3) is 5.69. The van der Waals surface area contributed by atoms with E-state index in [1.165, 1.54) is 0 Å². The van der Waals surface area contributed by atoms with Gasteiger partial charge in [-0.1, -0.05) is 24.6 Å². The van der Waals surface area contributed by atoms with E-state index in [4.69, 9.17) is 0 Å². The van der Waals surface area contributed by atoms with Crippen molar-refractivity contribution >= 4 is 24.2 Å². The van der Waals surface area contributed by atoms with Gasteiger partial charge >= 0.3 is 0 Å². The first kappa shape index (κ1) is 21.7. The number of nitrogens with zero attached hydrogens (tertiary/aromatic N) is 1. The predicted octanol–water partition coefficient (Wildman–Crippen LogP) is 2.77. The molecule has 0 spiro atoms. The fourth-order valence-electron chi connectivity index (χ4n) is 3.91. The summed E-state index contributed by atoms with van der Waals surface area (Å²) in [6.07, 6.45) is 3.94. The summed E-state index contributed by atoms with van der Waals surface area (Å²) in [6, 6.07) is 7.67. The molecule has 27 heavy (non-hydrogen) atoms. The van der Waals surface area contributed by atoms with E-state index >= 15 is 0 Å². The van der Waals surface area contributed by atoms with Gasteiger partial charge in [0, 0.05) is 25.2 Å². The number of amides is 2. The van der Waals surface area contributed by atoms with E-state index in [2.05, 4.69) is 17.6 Å². The molecule has 3 rings (SSSR count). The highest BCUT2D eigenvalue weighted by Gasteiger charge is 2.31. The maximum absolute atomic E-state index is 12.7. The Kier molecular flexibility index (Phi) is 7.68. The second-order valence-electron chi connectivity index (χ2n) is 8.23. The molecule has 2 aliphatic heterocycles. The summed E-state index contributed by atoms with van der Waals surface area (Å²) in [5.41, 5.74) is 2.04. The molecule has 0 radical (unpaired) electrons. The van der Waals surface area contributed by atoms with Gasteiger partial charge in [0.15, 0.2) is 0 Å². The molecule has 2 heterocycles. The van der Waals surface area contributed by atoms with Crippen molar-refractivity contribution in [3.8, 4) is 0 Å². The number of carbonyl (C=O) groups excluding carboxylic acids is 2. The zero-order chi connectivity index (χ0) is 18.6. The van der Waals surface area contributed by atoms with Crippen molar-refractivity contribution in [2.75, 3.05) is 32.7 Å². The number of hydrogen-bond acceptors (Lipinski definition) is 3. The van der Waals surface area contributed by atoms with Crippen LogP contribution in [0.5, 0.6) is 0 Å². The molecule has 2 fully saturated rings. The molecule has 6 heteroatoms. The fraction of sp³-hybridized carbons (Fsp3) is 0.619. The largest absolute Gasteiger partial charge is 0.355 e. The number of carbonyl (C=O) groups is 2. The Bertz CT molecular complexity index is 641. The molecule has 1 unspecified atom stereocenters.